The van der Waals surface area contributed by atoms with Crippen molar-refractivity contribution in [1.29, 1.82) is 0 Å². The molecule has 2 fully saturated rings. The van der Waals surface area contributed by atoms with Crippen LogP contribution in [0, 0.1) is 5.92 Å². The molecule has 0 saturated heterocycles. The molecule has 2 saturated carbocycles. The first kappa shape index (κ1) is 24.4. The van der Waals surface area contributed by atoms with Gasteiger partial charge < -0.3 is 18.9 Å². The fourth-order valence-electron chi connectivity index (χ4n) is 7.28. The number of fused-ring (bicyclic) bond motifs is 4. The summed E-state index contributed by atoms with van der Waals surface area (Å²) in [5.74, 6) is 2.84. The van der Waals surface area contributed by atoms with E-state index in [-0.39, 0.29) is 11.4 Å². The van der Waals surface area contributed by atoms with Crippen LogP contribution in [0.2, 0.25) is 0 Å². The highest BCUT2D eigenvalue weighted by molar-refractivity contribution is 7.12. The third-order valence-corrected chi connectivity index (χ3v) is 9.70. The quantitative estimate of drug-likeness (QED) is 0.256. The molecule has 5 nitrogen and oxygen atoms in total. The van der Waals surface area contributed by atoms with Gasteiger partial charge in [-0.05, 0) is 61.7 Å². The molecule has 6 rings (SSSR count). The Morgan fingerprint density at radius 3 is 2.35 bits per heavy atom. The van der Waals surface area contributed by atoms with Gasteiger partial charge in [0.05, 0.1) is 14.2 Å². The molecule has 0 radical (unpaired) electrons. The van der Waals surface area contributed by atoms with Gasteiger partial charge in [0.1, 0.15) is 33.5 Å². The standard InChI is InChI=1S/C31H34O5S/c1-33-21-12-14-24(25(19-21)35-29(32)27-9-8-18-37-27)31-17-7-4-10-28(31)30(15-5-3-6-16-30)23-13-11-22(34-2)20-26(23)36-31/h8-9,11-14,18-20,28H,3-7,10,15-17H2,1-2H3/t28-,31-/m0/s1. The van der Waals surface area contributed by atoms with Gasteiger partial charge in [-0.1, -0.05) is 37.8 Å². The van der Waals surface area contributed by atoms with E-state index in [0.717, 1.165) is 49.2 Å². The minimum absolute atomic E-state index is 0.0352. The third-order valence-electron chi connectivity index (χ3n) is 8.85. The summed E-state index contributed by atoms with van der Waals surface area (Å²) in [7, 11) is 3.34. The molecule has 0 bridgehead atoms. The van der Waals surface area contributed by atoms with Gasteiger partial charge in [0.15, 0.2) is 0 Å². The highest BCUT2D eigenvalue weighted by Gasteiger charge is 2.60. The molecule has 194 valence electrons. The summed E-state index contributed by atoms with van der Waals surface area (Å²) in [5, 5.41) is 1.89. The first-order chi connectivity index (χ1) is 18.1. The second-order valence-electron chi connectivity index (χ2n) is 10.6. The van der Waals surface area contributed by atoms with E-state index in [0.29, 0.717) is 22.3 Å². The van der Waals surface area contributed by atoms with Crippen LogP contribution in [-0.2, 0) is 11.0 Å². The van der Waals surface area contributed by atoms with Crippen LogP contribution in [0.25, 0.3) is 0 Å². The number of carbonyl (C=O) groups excluding carboxylic acids is 1. The van der Waals surface area contributed by atoms with E-state index >= 15 is 0 Å². The number of rotatable bonds is 5. The van der Waals surface area contributed by atoms with Crippen molar-refractivity contribution < 1.29 is 23.7 Å². The Hall–Kier alpha value is -2.99. The third kappa shape index (κ3) is 4.01. The van der Waals surface area contributed by atoms with Crippen molar-refractivity contribution in [2.24, 2.45) is 5.92 Å². The average Bonchev–Trinajstić information content (AvgIpc) is 3.49. The van der Waals surface area contributed by atoms with Crippen molar-refractivity contribution in [3.8, 4) is 23.0 Å². The van der Waals surface area contributed by atoms with E-state index in [4.69, 9.17) is 18.9 Å². The number of hydrogen-bond donors (Lipinski definition) is 0. The summed E-state index contributed by atoms with van der Waals surface area (Å²) < 4.78 is 24.4. The smallest absolute Gasteiger partial charge is 0.353 e. The van der Waals surface area contributed by atoms with Crippen LogP contribution in [-0.4, -0.2) is 20.2 Å². The molecular weight excluding hydrogens is 484 g/mol. The summed E-state index contributed by atoms with van der Waals surface area (Å²) >= 11 is 1.38. The zero-order valence-electron chi connectivity index (χ0n) is 21.6. The van der Waals surface area contributed by atoms with Crippen molar-refractivity contribution in [3.63, 3.8) is 0 Å². The Morgan fingerprint density at radius 2 is 1.62 bits per heavy atom. The molecule has 1 spiro atoms. The Labute approximate surface area is 222 Å². The fourth-order valence-corrected chi connectivity index (χ4v) is 7.88. The summed E-state index contributed by atoms with van der Waals surface area (Å²) in [4.78, 5) is 13.7. The lowest BCUT2D eigenvalue weighted by molar-refractivity contribution is -0.0959. The van der Waals surface area contributed by atoms with E-state index in [1.807, 2.05) is 23.6 Å². The van der Waals surface area contributed by atoms with Crippen LogP contribution in [0.5, 0.6) is 23.0 Å². The number of hydrogen-bond acceptors (Lipinski definition) is 6. The molecule has 37 heavy (non-hydrogen) atoms. The molecule has 1 aliphatic heterocycles. The van der Waals surface area contributed by atoms with Gasteiger partial charge in [0.25, 0.3) is 0 Å². The maximum atomic E-state index is 13.1. The number of ether oxygens (including phenoxy) is 4. The van der Waals surface area contributed by atoms with E-state index in [1.54, 1.807) is 20.3 Å². The molecular formula is C31H34O5S. The summed E-state index contributed by atoms with van der Waals surface area (Å²) in [6.45, 7) is 0. The summed E-state index contributed by atoms with van der Waals surface area (Å²) in [6.07, 6.45) is 10.3. The fraction of sp³-hybridized carbons (Fsp3) is 0.452. The number of thiophene rings is 1. The van der Waals surface area contributed by atoms with Gasteiger partial charge in [-0.3, -0.25) is 0 Å². The predicted octanol–water partition coefficient (Wildman–Crippen LogP) is 7.66. The molecule has 2 atom stereocenters. The van der Waals surface area contributed by atoms with Crippen LogP contribution in [0.1, 0.15) is 78.6 Å². The Balaban J connectivity index is 1.53. The predicted molar refractivity (Wildman–Crippen MR) is 144 cm³/mol. The Bertz CT molecular complexity index is 1280. The molecule has 3 aromatic rings. The maximum Gasteiger partial charge on any atom is 0.353 e. The second-order valence-corrected chi connectivity index (χ2v) is 11.5. The van der Waals surface area contributed by atoms with E-state index in [9.17, 15) is 4.79 Å². The van der Waals surface area contributed by atoms with Crippen LogP contribution in [0.15, 0.2) is 53.9 Å². The zero-order valence-corrected chi connectivity index (χ0v) is 22.4. The normalized spacial score (nSPS) is 23.9. The van der Waals surface area contributed by atoms with Crippen LogP contribution in [0.4, 0.5) is 0 Å². The van der Waals surface area contributed by atoms with E-state index in [2.05, 4.69) is 24.3 Å². The number of methoxy groups -OCH3 is 2. The number of benzene rings is 2. The monoisotopic (exact) mass is 518 g/mol. The summed E-state index contributed by atoms with van der Waals surface area (Å²) in [5.41, 5.74) is 1.71. The molecule has 3 aliphatic rings. The highest BCUT2D eigenvalue weighted by Crippen LogP contribution is 2.64. The minimum Gasteiger partial charge on any atom is -0.497 e. The molecule has 0 N–H and O–H groups in total. The van der Waals surface area contributed by atoms with Crippen molar-refractivity contribution >= 4 is 17.3 Å². The molecule has 0 unspecified atom stereocenters. The average molecular weight is 519 g/mol. The van der Waals surface area contributed by atoms with Crippen molar-refractivity contribution in [1.82, 2.24) is 0 Å². The largest absolute Gasteiger partial charge is 0.497 e. The van der Waals surface area contributed by atoms with Gasteiger partial charge in [-0.25, -0.2) is 4.79 Å². The molecule has 2 aliphatic carbocycles. The van der Waals surface area contributed by atoms with Gasteiger partial charge in [0.2, 0.25) is 0 Å². The first-order valence-electron chi connectivity index (χ1n) is 13.4. The Morgan fingerprint density at radius 1 is 0.892 bits per heavy atom. The van der Waals surface area contributed by atoms with Gasteiger partial charge in [-0.15, -0.1) is 11.3 Å². The van der Waals surface area contributed by atoms with E-state index < -0.39 is 5.60 Å². The van der Waals surface area contributed by atoms with Crippen LogP contribution in [0.3, 0.4) is 0 Å². The highest BCUT2D eigenvalue weighted by atomic mass is 32.1. The van der Waals surface area contributed by atoms with Crippen LogP contribution < -0.4 is 18.9 Å². The zero-order chi connectivity index (χ0) is 25.5. The van der Waals surface area contributed by atoms with Crippen molar-refractivity contribution in [2.75, 3.05) is 14.2 Å². The van der Waals surface area contributed by atoms with Crippen LogP contribution >= 0.6 is 11.3 Å². The lowest BCUT2D eigenvalue weighted by Crippen LogP contribution is -2.57. The molecule has 0 amide bonds. The molecule has 6 heteroatoms. The lowest BCUT2D eigenvalue weighted by Gasteiger charge is -2.58. The van der Waals surface area contributed by atoms with Gasteiger partial charge >= 0.3 is 5.97 Å². The van der Waals surface area contributed by atoms with Crippen molar-refractivity contribution in [2.45, 2.75) is 68.8 Å². The van der Waals surface area contributed by atoms with E-state index in [1.165, 1.54) is 42.6 Å². The molecule has 1 aromatic heterocycles. The maximum absolute atomic E-state index is 13.1. The van der Waals surface area contributed by atoms with Gasteiger partial charge in [0, 0.05) is 34.6 Å². The van der Waals surface area contributed by atoms with Gasteiger partial charge in [-0.2, -0.15) is 0 Å². The van der Waals surface area contributed by atoms with Crippen molar-refractivity contribution in [3.05, 3.63) is 69.9 Å². The number of carbonyl (C=O) groups is 1. The summed E-state index contributed by atoms with van der Waals surface area (Å²) in [6, 6.07) is 15.9. The molecule has 2 aromatic carbocycles. The Kier molecular flexibility index (Phi) is 6.39. The molecule has 2 heterocycles. The number of esters is 1. The SMILES string of the molecule is COc1ccc2c(c1)O[C@]1(c3ccc(OC)cc3OC(=O)c3cccs3)CCCC[C@H]1C21CCCCC1. The second kappa shape index (κ2) is 9.71. The topological polar surface area (TPSA) is 54.0 Å². The lowest BCUT2D eigenvalue weighted by atomic mass is 9.51. The first-order valence-corrected chi connectivity index (χ1v) is 14.3. The minimum atomic E-state index is -0.591.